The number of fused-ring (bicyclic) bond motifs is 1. The molecule has 0 aliphatic carbocycles. The predicted molar refractivity (Wildman–Crippen MR) is 58.8 cm³/mol. The molecule has 0 aliphatic heterocycles. The van der Waals surface area contributed by atoms with Gasteiger partial charge in [0.1, 0.15) is 22.7 Å². The van der Waals surface area contributed by atoms with Crippen molar-refractivity contribution in [1.29, 1.82) is 0 Å². The summed E-state index contributed by atoms with van der Waals surface area (Å²) >= 11 is 0. The molecule has 0 radical (unpaired) electrons. The van der Waals surface area contributed by atoms with Gasteiger partial charge in [-0.25, -0.2) is 8.78 Å². The lowest BCUT2D eigenvalue weighted by Crippen LogP contribution is -1.97. The highest BCUT2D eigenvalue weighted by atomic mass is 19.1. The van der Waals surface area contributed by atoms with Gasteiger partial charge in [0.05, 0.1) is 5.69 Å². The summed E-state index contributed by atoms with van der Waals surface area (Å²) in [5, 5.41) is 8.29. The average Bonchev–Trinajstić information content (AvgIpc) is 2.72. The zero-order valence-corrected chi connectivity index (χ0v) is 8.64. The van der Waals surface area contributed by atoms with E-state index in [0.717, 1.165) is 0 Å². The van der Waals surface area contributed by atoms with Crippen LogP contribution < -0.4 is 0 Å². The lowest BCUT2D eigenvalue weighted by molar-refractivity contribution is 0.626. The maximum Gasteiger partial charge on any atom is 0.125 e. The van der Waals surface area contributed by atoms with Gasteiger partial charge in [0, 0.05) is 6.07 Å². The van der Waals surface area contributed by atoms with Gasteiger partial charge >= 0.3 is 0 Å². The Kier molecular flexibility index (Phi) is 2.11. The van der Waals surface area contributed by atoms with Crippen LogP contribution in [0.3, 0.4) is 0 Å². The molecule has 1 aromatic heterocycles. The van der Waals surface area contributed by atoms with Gasteiger partial charge in [0.25, 0.3) is 0 Å². The second-order valence-electron chi connectivity index (χ2n) is 3.60. The predicted octanol–water partition coefficient (Wildman–Crippen LogP) is 2.70. The average molecular weight is 231 g/mol. The number of nitrogens with zero attached hydrogens (tertiary/aromatic N) is 3. The first kappa shape index (κ1) is 9.89. The number of halogens is 2. The molecular weight excluding hydrogens is 224 g/mol. The molecule has 0 unspecified atom stereocenters. The number of hydrogen-bond donors (Lipinski definition) is 0. The highest BCUT2D eigenvalue weighted by Gasteiger charge is 2.05. The van der Waals surface area contributed by atoms with E-state index in [2.05, 4.69) is 10.2 Å². The number of benzene rings is 2. The Balaban J connectivity index is 2.14. The Morgan fingerprint density at radius 2 is 1.41 bits per heavy atom. The summed E-state index contributed by atoms with van der Waals surface area (Å²) in [4.78, 5) is 1.35. The zero-order chi connectivity index (χ0) is 11.8. The molecule has 0 saturated carbocycles. The summed E-state index contributed by atoms with van der Waals surface area (Å²) in [5.74, 6) is -0.680. The van der Waals surface area contributed by atoms with Crippen LogP contribution in [0.15, 0.2) is 42.5 Å². The summed E-state index contributed by atoms with van der Waals surface area (Å²) in [5.41, 5.74) is 1.69. The van der Waals surface area contributed by atoms with Crippen LogP contribution in [0.2, 0.25) is 0 Å². The van der Waals surface area contributed by atoms with Crippen molar-refractivity contribution in [1.82, 2.24) is 15.0 Å². The van der Waals surface area contributed by atoms with E-state index in [0.29, 0.717) is 16.7 Å². The van der Waals surface area contributed by atoms with E-state index in [9.17, 15) is 8.78 Å². The largest absolute Gasteiger partial charge is 0.207 e. The smallest absolute Gasteiger partial charge is 0.125 e. The van der Waals surface area contributed by atoms with E-state index in [-0.39, 0.29) is 11.6 Å². The van der Waals surface area contributed by atoms with Crippen molar-refractivity contribution >= 4 is 11.0 Å². The fourth-order valence-electron chi connectivity index (χ4n) is 1.58. The molecule has 0 atom stereocenters. The maximum atomic E-state index is 13.0. The van der Waals surface area contributed by atoms with Gasteiger partial charge < -0.3 is 0 Å². The van der Waals surface area contributed by atoms with Crippen molar-refractivity contribution in [3.63, 3.8) is 0 Å². The van der Waals surface area contributed by atoms with Gasteiger partial charge in [-0.15, -0.1) is 10.2 Å². The van der Waals surface area contributed by atoms with Gasteiger partial charge in [-0.2, -0.15) is 4.80 Å². The molecule has 3 aromatic rings. The molecular formula is C12H7F2N3. The molecule has 0 fully saturated rings. The monoisotopic (exact) mass is 231 g/mol. The van der Waals surface area contributed by atoms with Crippen LogP contribution in [0, 0.1) is 11.6 Å². The highest BCUT2D eigenvalue weighted by Crippen LogP contribution is 2.13. The van der Waals surface area contributed by atoms with E-state index in [4.69, 9.17) is 0 Å². The molecule has 0 bridgehead atoms. The third kappa shape index (κ3) is 1.75. The Bertz CT molecular complexity index is 674. The molecule has 17 heavy (non-hydrogen) atoms. The van der Waals surface area contributed by atoms with Crippen molar-refractivity contribution in [2.24, 2.45) is 0 Å². The first-order valence-electron chi connectivity index (χ1n) is 5.01. The van der Waals surface area contributed by atoms with Crippen LogP contribution in [-0.2, 0) is 0 Å². The molecule has 5 heteroatoms. The number of rotatable bonds is 1. The summed E-state index contributed by atoms with van der Waals surface area (Å²) in [6.07, 6.45) is 0. The van der Waals surface area contributed by atoms with E-state index < -0.39 is 0 Å². The van der Waals surface area contributed by atoms with Gasteiger partial charge in [0.2, 0.25) is 0 Å². The quantitative estimate of drug-likeness (QED) is 0.644. The third-order valence-corrected chi connectivity index (χ3v) is 2.40. The minimum atomic E-state index is -0.358. The molecule has 84 valence electrons. The Morgan fingerprint density at radius 1 is 0.765 bits per heavy atom. The van der Waals surface area contributed by atoms with E-state index in [1.54, 1.807) is 18.2 Å². The Labute approximate surface area is 95.3 Å². The van der Waals surface area contributed by atoms with Crippen LogP contribution in [0.5, 0.6) is 0 Å². The molecule has 3 nitrogen and oxygen atoms in total. The topological polar surface area (TPSA) is 30.7 Å². The van der Waals surface area contributed by atoms with Gasteiger partial charge in [-0.1, -0.05) is 0 Å². The van der Waals surface area contributed by atoms with Crippen LogP contribution >= 0.6 is 0 Å². The normalized spacial score (nSPS) is 10.9. The van der Waals surface area contributed by atoms with Crippen LogP contribution in [0.1, 0.15) is 0 Å². The third-order valence-electron chi connectivity index (χ3n) is 2.40. The summed E-state index contributed by atoms with van der Waals surface area (Å²) in [6, 6.07) is 9.95. The van der Waals surface area contributed by atoms with Gasteiger partial charge in [-0.3, -0.25) is 0 Å². The standard InChI is InChI=1S/C12H7F2N3/c13-8-1-4-10(5-2-8)17-15-11-6-3-9(14)7-12(11)16-17/h1-7H. The Hall–Kier alpha value is -2.30. The van der Waals surface area contributed by atoms with Gasteiger partial charge in [-0.05, 0) is 36.4 Å². The molecule has 0 spiro atoms. The second kappa shape index (κ2) is 3.62. The summed E-state index contributed by atoms with van der Waals surface area (Å²) in [6.45, 7) is 0. The van der Waals surface area contributed by atoms with Gasteiger partial charge in [0.15, 0.2) is 0 Å². The number of hydrogen-bond acceptors (Lipinski definition) is 2. The van der Waals surface area contributed by atoms with Crippen molar-refractivity contribution in [2.75, 3.05) is 0 Å². The van der Waals surface area contributed by atoms with Crippen molar-refractivity contribution in [2.45, 2.75) is 0 Å². The highest BCUT2D eigenvalue weighted by molar-refractivity contribution is 5.73. The van der Waals surface area contributed by atoms with Crippen LogP contribution in [0.4, 0.5) is 8.78 Å². The van der Waals surface area contributed by atoms with Crippen molar-refractivity contribution in [3.8, 4) is 5.69 Å². The molecule has 0 aliphatic rings. The Morgan fingerprint density at radius 3 is 2.18 bits per heavy atom. The zero-order valence-electron chi connectivity index (χ0n) is 8.64. The van der Waals surface area contributed by atoms with Crippen molar-refractivity contribution in [3.05, 3.63) is 54.1 Å². The van der Waals surface area contributed by atoms with E-state index in [1.165, 1.54) is 29.1 Å². The van der Waals surface area contributed by atoms with E-state index in [1.807, 2.05) is 0 Å². The summed E-state index contributed by atoms with van der Waals surface area (Å²) < 4.78 is 25.7. The minimum Gasteiger partial charge on any atom is -0.207 e. The van der Waals surface area contributed by atoms with Crippen LogP contribution in [-0.4, -0.2) is 15.0 Å². The maximum absolute atomic E-state index is 13.0. The lowest BCUT2D eigenvalue weighted by Gasteiger charge is -1.97. The molecule has 0 N–H and O–H groups in total. The van der Waals surface area contributed by atoms with Crippen LogP contribution in [0.25, 0.3) is 16.7 Å². The van der Waals surface area contributed by atoms with E-state index >= 15 is 0 Å². The molecule has 0 saturated heterocycles. The molecule has 0 amide bonds. The SMILES string of the molecule is Fc1ccc(-n2nc3ccc(F)cc3n2)cc1. The molecule has 2 aromatic carbocycles. The fraction of sp³-hybridized carbons (Fsp3) is 0. The minimum absolute atomic E-state index is 0.323. The first-order valence-corrected chi connectivity index (χ1v) is 5.01. The molecule has 1 heterocycles. The summed E-state index contributed by atoms with van der Waals surface area (Å²) in [7, 11) is 0. The lowest BCUT2D eigenvalue weighted by atomic mass is 10.3. The first-order chi connectivity index (χ1) is 8.22. The second-order valence-corrected chi connectivity index (χ2v) is 3.60. The van der Waals surface area contributed by atoms with Crippen molar-refractivity contribution < 1.29 is 8.78 Å². The number of aromatic nitrogens is 3. The molecule has 3 rings (SSSR count). The fourth-order valence-corrected chi connectivity index (χ4v) is 1.58.